The van der Waals surface area contributed by atoms with Crippen molar-refractivity contribution < 1.29 is 9.53 Å². The number of rotatable bonds is 2. The van der Waals surface area contributed by atoms with Crippen LogP contribution in [0.3, 0.4) is 0 Å². The molecule has 14 heavy (non-hydrogen) atoms. The first-order chi connectivity index (χ1) is 6.41. The van der Waals surface area contributed by atoms with Gasteiger partial charge in [0.1, 0.15) is 5.78 Å². The third-order valence-corrected chi connectivity index (χ3v) is 2.61. The second-order valence-electron chi connectivity index (χ2n) is 5.00. The highest BCUT2D eigenvalue weighted by Crippen LogP contribution is 2.21. The number of ether oxygens (including phenoxy) is 1. The van der Waals surface area contributed by atoms with Crippen molar-refractivity contribution in [3.63, 3.8) is 0 Å². The van der Waals surface area contributed by atoms with Crippen molar-refractivity contribution in [1.29, 1.82) is 0 Å². The van der Waals surface area contributed by atoms with Gasteiger partial charge in [-0.1, -0.05) is 0 Å². The van der Waals surface area contributed by atoms with Gasteiger partial charge in [0.2, 0.25) is 0 Å². The number of hydrogen-bond acceptors (Lipinski definition) is 3. The maximum atomic E-state index is 11.1. The lowest BCUT2D eigenvalue weighted by molar-refractivity contribution is -0.121. The topological polar surface area (TPSA) is 29.5 Å². The molecule has 0 saturated carbocycles. The Kier molecular flexibility index (Phi) is 3.67. The highest BCUT2D eigenvalue weighted by molar-refractivity contribution is 5.76. The maximum absolute atomic E-state index is 11.1. The summed E-state index contributed by atoms with van der Waals surface area (Å²) in [6.07, 6.45) is 0.608. The summed E-state index contributed by atoms with van der Waals surface area (Å²) in [5.41, 5.74) is 0.129. The zero-order valence-electron chi connectivity index (χ0n) is 9.67. The van der Waals surface area contributed by atoms with Gasteiger partial charge in [0, 0.05) is 24.5 Å². The lowest BCUT2D eigenvalue weighted by atomic mass is 9.99. The Morgan fingerprint density at radius 1 is 1.50 bits per heavy atom. The second kappa shape index (κ2) is 4.41. The number of ketones is 1. The molecule has 82 valence electrons. The average Bonchev–Trinajstić information content (AvgIpc) is 2.01. The molecule has 0 aromatic carbocycles. The van der Waals surface area contributed by atoms with E-state index in [9.17, 15) is 4.79 Å². The monoisotopic (exact) mass is 199 g/mol. The van der Waals surface area contributed by atoms with E-state index in [2.05, 4.69) is 25.7 Å². The summed E-state index contributed by atoms with van der Waals surface area (Å²) in [5.74, 6) is 0.245. The molecular weight excluding hydrogens is 178 g/mol. The molecule has 0 bridgehead atoms. The standard InChI is InChI=1S/C11H21NO2/c1-9(13)7-10-8-14-6-5-12(10)11(2,3)4/h10H,5-8H2,1-4H3. The van der Waals surface area contributed by atoms with Crippen LogP contribution in [-0.2, 0) is 9.53 Å². The Balaban J connectivity index is 2.64. The predicted octanol–water partition coefficient (Wildman–Crippen LogP) is 1.46. The summed E-state index contributed by atoms with van der Waals surface area (Å²) in [6, 6.07) is 0.265. The zero-order valence-corrected chi connectivity index (χ0v) is 9.67. The molecule has 3 heteroatoms. The summed E-state index contributed by atoms with van der Waals surface area (Å²) >= 11 is 0. The number of morpholine rings is 1. The molecule has 1 heterocycles. The zero-order chi connectivity index (χ0) is 10.8. The SMILES string of the molecule is CC(=O)CC1COCCN1C(C)(C)C. The third-order valence-electron chi connectivity index (χ3n) is 2.61. The minimum absolute atomic E-state index is 0.129. The molecule has 0 aromatic heterocycles. The Labute approximate surface area is 86.4 Å². The van der Waals surface area contributed by atoms with E-state index >= 15 is 0 Å². The number of carbonyl (C=O) groups is 1. The van der Waals surface area contributed by atoms with E-state index < -0.39 is 0 Å². The van der Waals surface area contributed by atoms with Crippen LogP contribution in [0, 0.1) is 0 Å². The van der Waals surface area contributed by atoms with Crippen molar-refractivity contribution in [3.8, 4) is 0 Å². The van der Waals surface area contributed by atoms with Crippen molar-refractivity contribution in [1.82, 2.24) is 4.90 Å². The van der Waals surface area contributed by atoms with Gasteiger partial charge in [-0.05, 0) is 27.7 Å². The van der Waals surface area contributed by atoms with E-state index in [-0.39, 0.29) is 17.4 Å². The highest BCUT2D eigenvalue weighted by atomic mass is 16.5. The van der Waals surface area contributed by atoms with Crippen molar-refractivity contribution in [2.45, 2.75) is 45.7 Å². The van der Waals surface area contributed by atoms with Crippen LogP contribution in [0.2, 0.25) is 0 Å². The molecule has 1 unspecified atom stereocenters. The van der Waals surface area contributed by atoms with E-state index in [1.54, 1.807) is 6.92 Å². The number of carbonyl (C=O) groups excluding carboxylic acids is 1. The van der Waals surface area contributed by atoms with Crippen molar-refractivity contribution >= 4 is 5.78 Å². The molecular formula is C11H21NO2. The maximum Gasteiger partial charge on any atom is 0.131 e. The Morgan fingerprint density at radius 3 is 2.64 bits per heavy atom. The molecule has 0 N–H and O–H groups in total. The van der Waals surface area contributed by atoms with Crippen LogP contribution >= 0.6 is 0 Å². The second-order valence-corrected chi connectivity index (χ2v) is 5.00. The molecule has 0 amide bonds. The van der Waals surface area contributed by atoms with Crippen LogP contribution in [0.25, 0.3) is 0 Å². The predicted molar refractivity (Wildman–Crippen MR) is 56.4 cm³/mol. The summed E-state index contributed by atoms with van der Waals surface area (Å²) in [4.78, 5) is 13.5. The van der Waals surface area contributed by atoms with Gasteiger partial charge in [-0.2, -0.15) is 0 Å². The number of Topliss-reactive ketones (excluding diaryl/α,β-unsaturated/α-hetero) is 1. The van der Waals surface area contributed by atoms with Crippen LogP contribution in [0.5, 0.6) is 0 Å². The molecule has 0 aliphatic carbocycles. The molecule has 1 saturated heterocycles. The van der Waals surface area contributed by atoms with Crippen molar-refractivity contribution in [3.05, 3.63) is 0 Å². The summed E-state index contributed by atoms with van der Waals surface area (Å²) in [5, 5.41) is 0. The number of hydrogen-bond donors (Lipinski definition) is 0. The Bertz CT molecular complexity index is 208. The molecule has 0 aromatic rings. The highest BCUT2D eigenvalue weighted by Gasteiger charge is 2.31. The first-order valence-electron chi connectivity index (χ1n) is 5.25. The Hall–Kier alpha value is -0.410. The minimum Gasteiger partial charge on any atom is -0.378 e. The lowest BCUT2D eigenvalue weighted by Gasteiger charge is -2.44. The fourth-order valence-electron chi connectivity index (χ4n) is 2.04. The van der Waals surface area contributed by atoms with Gasteiger partial charge in [0.15, 0.2) is 0 Å². The molecule has 1 atom stereocenters. The van der Waals surface area contributed by atoms with Gasteiger partial charge in [-0.15, -0.1) is 0 Å². The minimum atomic E-state index is 0.129. The molecule has 1 rings (SSSR count). The fraction of sp³-hybridized carbons (Fsp3) is 0.909. The quantitative estimate of drug-likeness (QED) is 0.674. The third kappa shape index (κ3) is 3.07. The Morgan fingerprint density at radius 2 is 2.14 bits per heavy atom. The average molecular weight is 199 g/mol. The molecule has 3 nitrogen and oxygen atoms in total. The van der Waals surface area contributed by atoms with E-state index in [0.717, 1.165) is 13.2 Å². The first-order valence-corrected chi connectivity index (χ1v) is 5.25. The summed E-state index contributed by atoms with van der Waals surface area (Å²) in [7, 11) is 0. The van der Waals surface area contributed by atoms with Crippen LogP contribution in [0.1, 0.15) is 34.1 Å². The van der Waals surface area contributed by atoms with E-state index in [0.29, 0.717) is 13.0 Å². The van der Waals surface area contributed by atoms with Crippen LogP contribution in [-0.4, -0.2) is 42.0 Å². The molecule has 1 aliphatic heterocycles. The molecule has 1 aliphatic rings. The van der Waals surface area contributed by atoms with Crippen LogP contribution < -0.4 is 0 Å². The largest absolute Gasteiger partial charge is 0.378 e. The smallest absolute Gasteiger partial charge is 0.131 e. The van der Waals surface area contributed by atoms with Crippen molar-refractivity contribution in [2.75, 3.05) is 19.8 Å². The summed E-state index contributed by atoms with van der Waals surface area (Å²) in [6.45, 7) is 10.6. The number of nitrogens with zero attached hydrogens (tertiary/aromatic N) is 1. The van der Waals surface area contributed by atoms with Gasteiger partial charge >= 0.3 is 0 Å². The molecule has 0 radical (unpaired) electrons. The van der Waals surface area contributed by atoms with E-state index in [4.69, 9.17) is 4.74 Å². The molecule has 0 spiro atoms. The normalized spacial score (nSPS) is 25.0. The first kappa shape index (κ1) is 11.7. The fourth-order valence-corrected chi connectivity index (χ4v) is 2.04. The lowest BCUT2D eigenvalue weighted by Crippen LogP contribution is -2.54. The van der Waals surface area contributed by atoms with Crippen LogP contribution in [0.15, 0.2) is 0 Å². The van der Waals surface area contributed by atoms with Crippen LogP contribution in [0.4, 0.5) is 0 Å². The van der Waals surface area contributed by atoms with Gasteiger partial charge in [0.25, 0.3) is 0 Å². The van der Waals surface area contributed by atoms with Gasteiger partial charge in [0.05, 0.1) is 13.2 Å². The van der Waals surface area contributed by atoms with E-state index in [1.165, 1.54) is 0 Å². The van der Waals surface area contributed by atoms with Gasteiger partial charge in [-0.25, -0.2) is 0 Å². The van der Waals surface area contributed by atoms with Crippen molar-refractivity contribution in [2.24, 2.45) is 0 Å². The summed E-state index contributed by atoms with van der Waals surface area (Å²) < 4.78 is 5.41. The molecule has 1 fully saturated rings. The van der Waals surface area contributed by atoms with E-state index in [1.807, 2.05) is 0 Å². The van der Waals surface area contributed by atoms with Gasteiger partial charge < -0.3 is 4.74 Å². The van der Waals surface area contributed by atoms with Gasteiger partial charge in [-0.3, -0.25) is 9.69 Å².